The summed E-state index contributed by atoms with van der Waals surface area (Å²) >= 11 is 0. The molecule has 2 aromatic heterocycles. The zero-order valence-corrected chi connectivity index (χ0v) is 12.8. The van der Waals surface area contributed by atoms with Gasteiger partial charge in [0.25, 0.3) is 0 Å². The second-order valence-electron chi connectivity index (χ2n) is 5.12. The fraction of sp³-hybridized carbons (Fsp3) is 0.500. The summed E-state index contributed by atoms with van der Waals surface area (Å²) in [6.07, 6.45) is 1.89. The fourth-order valence-electron chi connectivity index (χ4n) is 2.43. The lowest BCUT2D eigenvalue weighted by Gasteiger charge is -2.17. The average Bonchev–Trinajstić information content (AvgIpc) is 2.79. The zero-order valence-electron chi connectivity index (χ0n) is 12.8. The van der Waals surface area contributed by atoms with Crippen LogP contribution in [-0.2, 0) is 19.9 Å². The molecule has 20 heavy (non-hydrogen) atoms. The van der Waals surface area contributed by atoms with Crippen molar-refractivity contribution in [2.24, 2.45) is 7.05 Å². The largest absolute Gasteiger partial charge is 0.309 e. The summed E-state index contributed by atoms with van der Waals surface area (Å²) in [6.45, 7) is 7.23. The smallest absolute Gasteiger partial charge is 0.0624 e. The summed E-state index contributed by atoms with van der Waals surface area (Å²) in [5.41, 5.74) is 4.56. The van der Waals surface area contributed by atoms with Gasteiger partial charge in [0.05, 0.1) is 17.4 Å². The molecule has 0 aliphatic rings. The van der Waals surface area contributed by atoms with Crippen LogP contribution in [0.2, 0.25) is 0 Å². The van der Waals surface area contributed by atoms with Gasteiger partial charge in [0, 0.05) is 24.9 Å². The Morgan fingerprint density at radius 2 is 2.10 bits per heavy atom. The molecular formula is C16H24N4. The van der Waals surface area contributed by atoms with E-state index < -0.39 is 0 Å². The number of hydrogen-bond acceptors (Lipinski definition) is 3. The predicted molar refractivity (Wildman–Crippen MR) is 81.7 cm³/mol. The molecule has 0 aliphatic heterocycles. The first-order valence-electron chi connectivity index (χ1n) is 7.32. The first-order valence-corrected chi connectivity index (χ1v) is 7.32. The van der Waals surface area contributed by atoms with Crippen LogP contribution < -0.4 is 5.32 Å². The van der Waals surface area contributed by atoms with E-state index >= 15 is 0 Å². The molecule has 0 bridgehead atoms. The van der Waals surface area contributed by atoms with Gasteiger partial charge in [0.2, 0.25) is 0 Å². The number of aromatic nitrogens is 3. The van der Waals surface area contributed by atoms with Gasteiger partial charge in [0.15, 0.2) is 0 Å². The van der Waals surface area contributed by atoms with Crippen LogP contribution in [0.15, 0.2) is 24.3 Å². The molecule has 1 N–H and O–H groups in total. The monoisotopic (exact) mass is 272 g/mol. The highest BCUT2D eigenvalue weighted by molar-refractivity contribution is 5.18. The van der Waals surface area contributed by atoms with Crippen molar-refractivity contribution in [2.45, 2.75) is 39.7 Å². The van der Waals surface area contributed by atoms with Gasteiger partial charge in [-0.2, -0.15) is 5.10 Å². The van der Waals surface area contributed by atoms with Gasteiger partial charge in [-0.25, -0.2) is 0 Å². The SMILES string of the molecule is CCNC(Cc1cc(CC)nn1C)c1cccc(C)n1. The topological polar surface area (TPSA) is 42.7 Å². The van der Waals surface area contributed by atoms with Crippen LogP contribution in [0.25, 0.3) is 0 Å². The number of rotatable bonds is 6. The molecule has 0 aliphatic carbocycles. The molecule has 4 heteroatoms. The minimum Gasteiger partial charge on any atom is -0.309 e. The second kappa shape index (κ2) is 6.66. The molecule has 2 aromatic rings. The van der Waals surface area contributed by atoms with Crippen LogP contribution in [0.3, 0.4) is 0 Å². The van der Waals surface area contributed by atoms with Gasteiger partial charge in [0.1, 0.15) is 0 Å². The first kappa shape index (κ1) is 14.7. The molecule has 108 valence electrons. The van der Waals surface area contributed by atoms with Crippen molar-refractivity contribution in [1.29, 1.82) is 0 Å². The molecular weight excluding hydrogens is 248 g/mol. The van der Waals surface area contributed by atoms with Gasteiger partial charge >= 0.3 is 0 Å². The van der Waals surface area contributed by atoms with E-state index in [1.807, 2.05) is 24.7 Å². The van der Waals surface area contributed by atoms with Crippen LogP contribution in [0.5, 0.6) is 0 Å². The van der Waals surface area contributed by atoms with Crippen molar-refractivity contribution >= 4 is 0 Å². The summed E-state index contributed by atoms with van der Waals surface area (Å²) in [4.78, 5) is 4.65. The first-order chi connectivity index (χ1) is 9.63. The number of hydrogen-bond donors (Lipinski definition) is 1. The van der Waals surface area contributed by atoms with Gasteiger partial charge in [-0.05, 0) is 38.1 Å². The third-order valence-electron chi connectivity index (χ3n) is 3.52. The van der Waals surface area contributed by atoms with Gasteiger partial charge in [-0.1, -0.05) is 19.9 Å². The van der Waals surface area contributed by atoms with Crippen LogP contribution in [0.4, 0.5) is 0 Å². The lowest BCUT2D eigenvalue weighted by molar-refractivity contribution is 0.516. The summed E-state index contributed by atoms with van der Waals surface area (Å²) in [7, 11) is 2.02. The normalized spacial score (nSPS) is 12.6. The van der Waals surface area contributed by atoms with E-state index in [0.717, 1.165) is 36.5 Å². The summed E-state index contributed by atoms with van der Waals surface area (Å²) in [6, 6.07) is 8.63. The van der Waals surface area contributed by atoms with Crippen molar-refractivity contribution in [3.63, 3.8) is 0 Å². The highest BCUT2D eigenvalue weighted by atomic mass is 15.3. The summed E-state index contributed by atoms with van der Waals surface area (Å²) < 4.78 is 1.99. The average molecular weight is 272 g/mol. The van der Waals surface area contributed by atoms with E-state index in [2.05, 4.69) is 47.4 Å². The Morgan fingerprint density at radius 1 is 1.30 bits per heavy atom. The minimum absolute atomic E-state index is 0.236. The van der Waals surface area contributed by atoms with Crippen molar-refractivity contribution in [3.8, 4) is 0 Å². The van der Waals surface area contributed by atoms with Crippen LogP contribution in [0.1, 0.15) is 42.7 Å². The molecule has 1 atom stereocenters. The molecule has 2 heterocycles. The molecule has 2 rings (SSSR count). The van der Waals surface area contributed by atoms with Crippen molar-refractivity contribution < 1.29 is 0 Å². The molecule has 0 radical (unpaired) electrons. The maximum absolute atomic E-state index is 4.65. The molecule has 4 nitrogen and oxygen atoms in total. The highest BCUT2D eigenvalue weighted by Gasteiger charge is 2.15. The van der Waals surface area contributed by atoms with E-state index in [4.69, 9.17) is 0 Å². The van der Waals surface area contributed by atoms with E-state index in [0.29, 0.717) is 0 Å². The molecule has 0 spiro atoms. The summed E-state index contributed by atoms with van der Waals surface area (Å²) in [5.74, 6) is 0. The third-order valence-corrected chi connectivity index (χ3v) is 3.52. The second-order valence-corrected chi connectivity index (χ2v) is 5.12. The van der Waals surface area contributed by atoms with Crippen molar-refractivity contribution in [1.82, 2.24) is 20.1 Å². The molecule has 0 amide bonds. The Kier molecular flexibility index (Phi) is 4.90. The lowest BCUT2D eigenvalue weighted by atomic mass is 10.1. The highest BCUT2D eigenvalue weighted by Crippen LogP contribution is 2.17. The number of pyridine rings is 1. The summed E-state index contributed by atoms with van der Waals surface area (Å²) in [5, 5.41) is 8.05. The molecule has 0 aromatic carbocycles. The van der Waals surface area contributed by atoms with Gasteiger partial charge < -0.3 is 5.32 Å². The number of aryl methyl sites for hydroxylation is 3. The Balaban J connectivity index is 2.22. The van der Waals surface area contributed by atoms with Crippen molar-refractivity contribution in [3.05, 3.63) is 47.0 Å². The third kappa shape index (κ3) is 3.45. The van der Waals surface area contributed by atoms with E-state index in [9.17, 15) is 0 Å². The Bertz CT molecular complexity index is 559. The maximum Gasteiger partial charge on any atom is 0.0624 e. The Morgan fingerprint density at radius 3 is 2.70 bits per heavy atom. The van der Waals surface area contributed by atoms with Gasteiger partial charge in [-0.15, -0.1) is 0 Å². The number of likely N-dealkylation sites (N-methyl/N-ethyl adjacent to an activating group) is 1. The lowest BCUT2D eigenvalue weighted by Crippen LogP contribution is -2.25. The standard InChI is InChI=1S/C16H24N4/c1-5-13-10-14(20(4)19-13)11-16(17-6-2)15-9-7-8-12(3)18-15/h7-10,16-17H,5-6,11H2,1-4H3. The Labute approximate surface area is 121 Å². The molecule has 0 saturated heterocycles. The number of nitrogens with one attached hydrogen (secondary N) is 1. The molecule has 0 saturated carbocycles. The fourth-order valence-corrected chi connectivity index (χ4v) is 2.43. The van der Waals surface area contributed by atoms with Crippen LogP contribution in [-0.4, -0.2) is 21.3 Å². The van der Waals surface area contributed by atoms with Crippen LogP contribution in [0, 0.1) is 6.92 Å². The Hall–Kier alpha value is -1.68. The quantitative estimate of drug-likeness (QED) is 0.879. The number of nitrogens with zero attached hydrogens (tertiary/aromatic N) is 3. The van der Waals surface area contributed by atoms with E-state index in [-0.39, 0.29) is 6.04 Å². The van der Waals surface area contributed by atoms with E-state index in [1.54, 1.807) is 0 Å². The predicted octanol–water partition coefficient (Wildman–Crippen LogP) is 2.58. The van der Waals surface area contributed by atoms with Crippen LogP contribution >= 0.6 is 0 Å². The molecule has 0 fully saturated rings. The maximum atomic E-state index is 4.65. The zero-order chi connectivity index (χ0) is 14.5. The van der Waals surface area contributed by atoms with Crippen molar-refractivity contribution in [2.75, 3.05) is 6.54 Å². The molecule has 1 unspecified atom stereocenters. The minimum atomic E-state index is 0.236. The van der Waals surface area contributed by atoms with E-state index in [1.165, 1.54) is 5.69 Å². The van der Waals surface area contributed by atoms with Gasteiger partial charge in [-0.3, -0.25) is 9.67 Å².